The predicted octanol–water partition coefficient (Wildman–Crippen LogP) is 4.08. The molecule has 0 amide bonds. The van der Waals surface area contributed by atoms with Crippen LogP contribution in [0.5, 0.6) is 0 Å². The summed E-state index contributed by atoms with van der Waals surface area (Å²) >= 11 is 1.74. The Balaban J connectivity index is 2.08. The van der Waals surface area contributed by atoms with Gasteiger partial charge in [0.15, 0.2) is 0 Å². The van der Waals surface area contributed by atoms with Crippen molar-refractivity contribution in [2.75, 3.05) is 0 Å². The minimum atomic E-state index is 0.195. The normalized spacial score (nSPS) is 18.1. The number of aryl methyl sites for hydroxylation is 2. The third-order valence-electron chi connectivity index (χ3n) is 4.59. The molecule has 2 aromatic rings. The second-order valence-corrected chi connectivity index (χ2v) is 7.44. The largest absolute Gasteiger partial charge is 0.296 e. The lowest BCUT2D eigenvalue weighted by Gasteiger charge is -2.17. The second-order valence-electron chi connectivity index (χ2n) is 6.35. The van der Waals surface area contributed by atoms with E-state index < -0.39 is 0 Å². The van der Waals surface area contributed by atoms with Crippen molar-refractivity contribution in [2.24, 2.45) is 5.92 Å². The summed E-state index contributed by atoms with van der Waals surface area (Å²) in [6.07, 6.45) is 6.77. The van der Waals surface area contributed by atoms with Gasteiger partial charge in [0, 0.05) is 11.4 Å². The molecule has 4 heteroatoms. The first kappa shape index (κ1) is 14.8. The van der Waals surface area contributed by atoms with Crippen LogP contribution in [0, 0.1) is 12.8 Å². The van der Waals surface area contributed by atoms with Gasteiger partial charge in [-0.1, -0.05) is 26.7 Å². The van der Waals surface area contributed by atoms with E-state index in [9.17, 15) is 4.79 Å². The molecule has 0 aliphatic heterocycles. The molecule has 0 saturated carbocycles. The van der Waals surface area contributed by atoms with Gasteiger partial charge in [-0.05, 0) is 44.1 Å². The molecular weight excluding hydrogens is 280 g/mol. The first-order valence-corrected chi connectivity index (χ1v) is 8.95. The summed E-state index contributed by atoms with van der Waals surface area (Å²) in [5.41, 5.74) is 1.50. The van der Waals surface area contributed by atoms with E-state index in [1.54, 1.807) is 11.3 Å². The summed E-state index contributed by atoms with van der Waals surface area (Å²) in [6, 6.07) is 0. The molecule has 1 aliphatic rings. The van der Waals surface area contributed by atoms with Gasteiger partial charge >= 0.3 is 0 Å². The van der Waals surface area contributed by atoms with Crippen LogP contribution in [0.15, 0.2) is 4.79 Å². The first-order chi connectivity index (χ1) is 10.1. The van der Waals surface area contributed by atoms with Crippen LogP contribution in [0.2, 0.25) is 0 Å². The number of fused-ring (bicyclic) bond motifs is 3. The highest BCUT2D eigenvalue weighted by molar-refractivity contribution is 7.18. The molecular formula is C17H24N2OS. The zero-order chi connectivity index (χ0) is 15.0. The summed E-state index contributed by atoms with van der Waals surface area (Å²) < 4.78 is 1.89. The molecule has 2 heterocycles. The highest BCUT2D eigenvalue weighted by Gasteiger charge is 2.23. The van der Waals surface area contributed by atoms with Crippen molar-refractivity contribution in [1.82, 2.24) is 9.55 Å². The minimum Gasteiger partial charge on any atom is -0.296 e. The molecule has 21 heavy (non-hydrogen) atoms. The van der Waals surface area contributed by atoms with Crippen LogP contribution in [0.1, 0.15) is 55.8 Å². The Labute approximate surface area is 130 Å². The van der Waals surface area contributed by atoms with Crippen LogP contribution in [-0.2, 0) is 19.4 Å². The average Bonchev–Trinajstić information content (AvgIpc) is 2.79. The van der Waals surface area contributed by atoms with E-state index in [1.807, 2.05) is 11.5 Å². The molecule has 0 spiro atoms. The number of rotatable bonds is 4. The Morgan fingerprint density at radius 2 is 2.19 bits per heavy atom. The maximum Gasteiger partial charge on any atom is 0.262 e. The molecule has 2 aromatic heterocycles. The van der Waals surface area contributed by atoms with Crippen LogP contribution in [0.3, 0.4) is 0 Å². The highest BCUT2D eigenvalue weighted by Crippen LogP contribution is 2.35. The molecule has 3 rings (SSSR count). The monoisotopic (exact) mass is 304 g/mol. The number of unbranched alkanes of at least 4 members (excludes halogenated alkanes) is 2. The fraction of sp³-hybridized carbons (Fsp3) is 0.647. The minimum absolute atomic E-state index is 0.195. The number of nitrogens with zero attached hydrogens (tertiary/aromatic N) is 2. The predicted molar refractivity (Wildman–Crippen MR) is 89.3 cm³/mol. The lowest BCUT2D eigenvalue weighted by atomic mass is 9.89. The molecule has 0 saturated heterocycles. The van der Waals surface area contributed by atoms with Gasteiger partial charge in [0.2, 0.25) is 0 Å². The zero-order valence-corrected chi connectivity index (χ0v) is 14.1. The molecule has 1 unspecified atom stereocenters. The van der Waals surface area contributed by atoms with Gasteiger partial charge in [-0.2, -0.15) is 0 Å². The standard InChI is InChI=1S/C17H24N2OS/c1-4-5-6-9-19-12(3)18-16-15(17(19)20)13-8-7-11(2)10-14(13)21-16/h11H,4-10H2,1-3H3. The van der Waals surface area contributed by atoms with Crippen LogP contribution in [0.4, 0.5) is 0 Å². The topological polar surface area (TPSA) is 34.9 Å². The molecule has 3 nitrogen and oxygen atoms in total. The maximum absolute atomic E-state index is 12.9. The molecule has 1 atom stereocenters. The Hall–Kier alpha value is -1.16. The third-order valence-corrected chi connectivity index (χ3v) is 5.74. The van der Waals surface area contributed by atoms with E-state index in [0.29, 0.717) is 0 Å². The number of hydrogen-bond acceptors (Lipinski definition) is 3. The summed E-state index contributed by atoms with van der Waals surface area (Å²) in [5.74, 6) is 1.61. The average molecular weight is 304 g/mol. The van der Waals surface area contributed by atoms with Crippen molar-refractivity contribution in [1.29, 1.82) is 0 Å². The van der Waals surface area contributed by atoms with Crippen LogP contribution in [-0.4, -0.2) is 9.55 Å². The SMILES string of the molecule is CCCCCn1c(C)nc2sc3c(c2c1=O)CCC(C)C3. The van der Waals surface area contributed by atoms with Gasteiger partial charge in [0.1, 0.15) is 10.7 Å². The fourth-order valence-corrected chi connectivity index (χ4v) is 4.73. The molecule has 0 radical (unpaired) electrons. The summed E-state index contributed by atoms with van der Waals surface area (Å²) in [6.45, 7) is 7.26. The fourth-order valence-electron chi connectivity index (χ4n) is 3.31. The van der Waals surface area contributed by atoms with Gasteiger partial charge < -0.3 is 0 Å². The molecule has 0 bridgehead atoms. The van der Waals surface area contributed by atoms with Gasteiger partial charge in [0.05, 0.1) is 5.39 Å². The van der Waals surface area contributed by atoms with Crippen LogP contribution < -0.4 is 5.56 Å². The van der Waals surface area contributed by atoms with Crippen molar-refractivity contribution in [3.63, 3.8) is 0 Å². The van der Waals surface area contributed by atoms with Gasteiger partial charge in [-0.25, -0.2) is 4.98 Å². The molecule has 0 aromatic carbocycles. The quantitative estimate of drug-likeness (QED) is 0.798. The first-order valence-electron chi connectivity index (χ1n) is 8.13. The summed E-state index contributed by atoms with van der Waals surface area (Å²) in [7, 11) is 0. The summed E-state index contributed by atoms with van der Waals surface area (Å²) in [5, 5.41) is 0.920. The van der Waals surface area contributed by atoms with Crippen LogP contribution >= 0.6 is 11.3 Å². The van der Waals surface area contributed by atoms with Crippen molar-refractivity contribution in [3.05, 3.63) is 26.6 Å². The Bertz CT molecular complexity index is 714. The smallest absolute Gasteiger partial charge is 0.262 e. The Morgan fingerprint density at radius 3 is 2.95 bits per heavy atom. The van der Waals surface area contributed by atoms with E-state index in [4.69, 9.17) is 4.98 Å². The molecule has 1 aliphatic carbocycles. The zero-order valence-electron chi connectivity index (χ0n) is 13.2. The van der Waals surface area contributed by atoms with Gasteiger partial charge in [-0.15, -0.1) is 11.3 Å². The number of aromatic nitrogens is 2. The highest BCUT2D eigenvalue weighted by atomic mass is 32.1. The molecule has 0 fully saturated rings. The van der Waals surface area contributed by atoms with E-state index in [-0.39, 0.29) is 5.56 Å². The van der Waals surface area contributed by atoms with E-state index in [1.165, 1.54) is 29.7 Å². The Kier molecular flexibility index (Phi) is 4.16. The number of thiophene rings is 1. The van der Waals surface area contributed by atoms with Crippen molar-refractivity contribution >= 4 is 21.6 Å². The van der Waals surface area contributed by atoms with Gasteiger partial charge in [-0.3, -0.25) is 9.36 Å². The Morgan fingerprint density at radius 1 is 1.38 bits per heavy atom. The van der Waals surface area contributed by atoms with Crippen LogP contribution in [0.25, 0.3) is 10.2 Å². The number of hydrogen-bond donors (Lipinski definition) is 0. The molecule has 114 valence electrons. The van der Waals surface area contributed by atoms with Gasteiger partial charge in [0.25, 0.3) is 5.56 Å². The third kappa shape index (κ3) is 2.66. The lowest BCUT2D eigenvalue weighted by Crippen LogP contribution is -2.24. The van der Waals surface area contributed by atoms with E-state index in [2.05, 4.69) is 13.8 Å². The second kappa shape index (κ2) is 5.91. The van der Waals surface area contributed by atoms with Crippen molar-refractivity contribution in [2.45, 2.75) is 65.8 Å². The summed E-state index contributed by atoms with van der Waals surface area (Å²) in [4.78, 5) is 20.0. The van der Waals surface area contributed by atoms with E-state index >= 15 is 0 Å². The van der Waals surface area contributed by atoms with Crippen molar-refractivity contribution < 1.29 is 0 Å². The lowest BCUT2D eigenvalue weighted by molar-refractivity contribution is 0.508. The molecule has 0 N–H and O–H groups in total. The maximum atomic E-state index is 12.9. The van der Waals surface area contributed by atoms with Crippen molar-refractivity contribution in [3.8, 4) is 0 Å². The van der Waals surface area contributed by atoms with E-state index in [0.717, 1.165) is 47.8 Å².